The summed E-state index contributed by atoms with van der Waals surface area (Å²) < 4.78 is 2.17. The highest BCUT2D eigenvalue weighted by atomic mass is 15.0. The van der Waals surface area contributed by atoms with Crippen molar-refractivity contribution in [3.05, 3.63) is 71.7 Å². The maximum atomic E-state index is 5.03. The monoisotopic (exact) mass is 305 g/mol. The lowest BCUT2D eigenvalue weighted by Crippen LogP contribution is -2.41. The first kappa shape index (κ1) is 14.5. The van der Waals surface area contributed by atoms with Crippen molar-refractivity contribution in [2.24, 2.45) is 0 Å². The van der Waals surface area contributed by atoms with Gasteiger partial charge in [-0.15, -0.1) is 0 Å². The Bertz CT molecular complexity index is 798. The third-order valence-corrected chi connectivity index (χ3v) is 5.21. The number of hydrogen-bond acceptors (Lipinski definition) is 2. The molecule has 1 fully saturated rings. The van der Waals surface area contributed by atoms with Crippen molar-refractivity contribution < 1.29 is 0 Å². The van der Waals surface area contributed by atoms with Gasteiger partial charge in [0.1, 0.15) is 5.65 Å². The van der Waals surface area contributed by atoms with Gasteiger partial charge in [-0.1, -0.05) is 37.3 Å². The molecule has 3 nitrogen and oxygen atoms in total. The summed E-state index contributed by atoms with van der Waals surface area (Å²) in [5.41, 5.74) is 5.03. The molecule has 3 heterocycles. The molecule has 0 amide bonds. The number of nitrogens with zero attached hydrogens (tertiary/aromatic N) is 2. The fraction of sp³-hybridized carbons (Fsp3) is 0.350. The number of aromatic nitrogens is 2. The Hall–Kier alpha value is -2.13. The predicted molar refractivity (Wildman–Crippen MR) is 93.9 cm³/mol. The van der Waals surface area contributed by atoms with Crippen LogP contribution in [0.4, 0.5) is 0 Å². The first-order chi connectivity index (χ1) is 11.3. The molecule has 2 aromatic heterocycles. The van der Waals surface area contributed by atoms with Crippen LogP contribution in [0.5, 0.6) is 0 Å². The molecule has 1 saturated heterocycles. The maximum Gasteiger partial charge on any atom is 0.137 e. The van der Waals surface area contributed by atoms with Crippen LogP contribution in [-0.4, -0.2) is 22.5 Å². The molecular weight excluding hydrogens is 282 g/mol. The van der Waals surface area contributed by atoms with Gasteiger partial charge in [0.15, 0.2) is 0 Å². The molecule has 1 N–H and O–H groups in total. The van der Waals surface area contributed by atoms with Crippen LogP contribution in [0.25, 0.3) is 5.65 Å². The molecule has 0 spiro atoms. The zero-order valence-corrected chi connectivity index (χ0v) is 13.6. The topological polar surface area (TPSA) is 29.3 Å². The van der Waals surface area contributed by atoms with Crippen molar-refractivity contribution in [1.29, 1.82) is 0 Å². The lowest BCUT2D eigenvalue weighted by Gasteiger charge is -2.37. The average Bonchev–Trinajstić information content (AvgIpc) is 3.06. The number of piperidine rings is 1. The maximum absolute atomic E-state index is 5.03. The van der Waals surface area contributed by atoms with Gasteiger partial charge in [0, 0.05) is 17.8 Å². The number of fused-ring (bicyclic) bond motifs is 1. The third kappa shape index (κ3) is 2.45. The van der Waals surface area contributed by atoms with Gasteiger partial charge >= 0.3 is 0 Å². The molecule has 0 bridgehead atoms. The summed E-state index contributed by atoms with van der Waals surface area (Å²) in [5.74, 6) is 0. The minimum Gasteiger partial charge on any atom is -0.317 e. The number of imidazole rings is 1. The van der Waals surface area contributed by atoms with E-state index in [9.17, 15) is 0 Å². The van der Waals surface area contributed by atoms with Gasteiger partial charge in [-0.2, -0.15) is 0 Å². The van der Waals surface area contributed by atoms with Crippen molar-refractivity contribution in [2.75, 3.05) is 13.1 Å². The fourth-order valence-corrected chi connectivity index (χ4v) is 3.78. The lowest BCUT2D eigenvalue weighted by molar-refractivity contribution is 0.355. The largest absolute Gasteiger partial charge is 0.317 e. The number of hydrogen-bond donors (Lipinski definition) is 1. The van der Waals surface area contributed by atoms with Gasteiger partial charge < -0.3 is 9.72 Å². The van der Waals surface area contributed by atoms with Crippen LogP contribution in [0, 0.1) is 0 Å². The van der Waals surface area contributed by atoms with E-state index in [1.807, 2.05) is 0 Å². The van der Waals surface area contributed by atoms with E-state index in [1.165, 1.54) is 16.8 Å². The second kappa shape index (κ2) is 5.82. The minimum absolute atomic E-state index is 0.0326. The highest BCUT2D eigenvalue weighted by Crippen LogP contribution is 2.39. The summed E-state index contributed by atoms with van der Waals surface area (Å²) in [7, 11) is 0. The molecule has 0 unspecified atom stereocenters. The van der Waals surface area contributed by atoms with E-state index in [0.717, 1.165) is 38.0 Å². The average molecular weight is 305 g/mol. The number of nitrogens with one attached hydrogen (secondary N) is 1. The Morgan fingerprint density at radius 1 is 1.13 bits per heavy atom. The molecule has 1 aliphatic rings. The third-order valence-electron chi connectivity index (χ3n) is 5.21. The van der Waals surface area contributed by atoms with Crippen LogP contribution in [0.1, 0.15) is 36.6 Å². The summed E-state index contributed by atoms with van der Waals surface area (Å²) in [6.07, 6.45) is 7.62. The van der Waals surface area contributed by atoms with E-state index in [1.54, 1.807) is 0 Å². The van der Waals surface area contributed by atoms with E-state index < -0.39 is 0 Å². The smallest absolute Gasteiger partial charge is 0.137 e. The zero-order chi connectivity index (χ0) is 15.7. The molecule has 3 aromatic rings. The normalized spacial score (nSPS) is 17.4. The van der Waals surface area contributed by atoms with Gasteiger partial charge in [-0.25, -0.2) is 4.98 Å². The molecule has 23 heavy (non-hydrogen) atoms. The second-order valence-corrected chi connectivity index (χ2v) is 6.48. The molecule has 1 aromatic carbocycles. The number of benzene rings is 1. The van der Waals surface area contributed by atoms with Crippen LogP contribution in [0.2, 0.25) is 0 Å². The first-order valence-corrected chi connectivity index (χ1v) is 8.56. The van der Waals surface area contributed by atoms with Crippen molar-refractivity contribution in [1.82, 2.24) is 14.7 Å². The predicted octanol–water partition coefficient (Wildman–Crippen LogP) is 3.57. The van der Waals surface area contributed by atoms with Gasteiger partial charge in [0.2, 0.25) is 0 Å². The van der Waals surface area contributed by atoms with Gasteiger partial charge in [0.25, 0.3) is 0 Å². The van der Waals surface area contributed by atoms with E-state index in [-0.39, 0.29) is 5.41 Å². The van der Waals surface area contributed by atoms with Crippen molar-refractivity contribution in [2.45, 2.75) is 31.6 Å². The molecule has 118 valence electrons. The SMILES string of the molecule is CCc1ccn2cc(C3(c4ccccc4)CCNCC3)nc2c1. The van der Waals surface area contributed by atoms with Crippen LogP contribution in [0.3, 0.4) is 0 Å². The number of pyridine rings is 1. The van der Waals surface area contributed by atoms with Crippen LogP contribution < -0.4 is 5.32 Å². The Labute approximate surface area is 137 Å². The van der Waals surface area contributed by atoms with Crippen LogP contribution in [0.15, 0.2) is 54.9 Å². The molecule has 0 saturated carbocycles. The highest BCUT2D eigenvalue weighted by molar-refractivity contribution is 5.47. The second-order valence-electron chi connectivity index (χ2n) is 6.48. The van der Waals surface area contributed by atoms with Crippen LogP contribution in [-0.2, 0) is 11.8 Å². The Kier molecular flexibility index (Phi) is 3.66. The van der Waals surface area contributed by atoms with Crippen LogP contribution >= 0.6 is 0 Å². The Morgan fingerprint density at radius 2 is 1.91 bits per heavy atom. The highest BCUT2D eigenvalue weighted by Gasteiger charge is 2.37. The molecule has 0 aliphatic carbocycles. The molecule has 4 rings (SSSR count). The molecular formula is C20H23N3. The Balaban J connectivity index is 1.86. The van der Waals surface area contributed by atoms with Gasteiger partial charge in [0.05, 0.1) is 5.69 Å². The molecule has 0 atom stereocenters. The summed E-state index contributed by atoms with van der Waals surface area (Å²) >= 11 is 0. The summed E-state index contributed by atoms with van der Waals surface area (Å²) in [6.45, 7) is 4.28. The minimum atomic E-state index is 0.0326. The molecule has 1 aliphatic heterocycles. The standard InChI is InChI=1S/C20H23N3/c1-2-16-8-13-23-15-18(22-19(23)14-16)20(9-11-21-12-10-20)17-6-4-3-5-7-17/h3-8,13-15,21H,2,9-12H2,1H3. The summed E-state index contributed by atoms with van der Waals surface area (Å²) in [4.78, 5) is 5.03. The lowest BCUT2D eigenvalue weighted by atomic mass is 9.71. The van der Waals surface area contributed by atoms with E-state index in [2.05, 4.69) is 71.5 Å². The zero-order valence-electron chi connectivity index (χ0n) is 13.6. The summed E-state index contributed by atoms with van der Waals surface area (Å²) in [6, 6.07) is 15.3. The van der Waals surface area contributed by atoms with Gasteiger partial charge in [-0.05, 0) is 55.6 Å². The van der Waals surface area contributed by atoms with Crippen molar-refractivity contribution in [3.63, 3.8) is 0 Å². The van der Waals surface area contributed by atoms with E-state index in [4.69, 9.17) is 4.98 Å². The first-order valence-electron chi connectivity index (χ1n) is 8.56. The van der Waals surface area contributed by atoms with E-state index in [0.29, 0.717) is 0 Å². The Morgan fingerprint density at radius 3 is 2.65 bits per heavy atom. The van der Waals surface area contributed by atoms with Crippen molar-refractivity contribution >= 4 is 5.65 Å². The number of rotatable bonds is 3. The van der Waals surface area contributed by atoms with E-state index >= 15 is 0 Å². The molecule has 3 heteroatoms. The summed E-state index contributed by atoms with van der Waals surface area (Å²) in [5, 5.41) is 3.50. The number of aryl methyl sites for hydroxylation is 1. The molecule has 0 radical (unpaired) electrons. The van der Waals surface area contributed by atoms with Crippen molar-refractivity contribution in [3.8, 4) is 0 Å². The van der Waals surface area contributed by atoms with Gasteiger partial charge in [-0.3, -0.25) is 0 Å². The fourth-order valence-electron chi connectivity index (χ4n) is 3.78. The quantitative estimate of drug-likeness (QED) is 0.801.